The van der Waals surface area contributed by atoms with Gasteiger partial charge in [0, 0.05) is 85.9 Å². The molecule has 4 aromatic carbocycles. The molecule has 2 aliphatic heterocycles. The average Bonchev–Trinajstić information content (AvgIpc) is 1.63. The molecule has 0 aliphatic carbocycles. The molecule has 4 heterocycles. The van der Waals surface area contributed by atoms with Crippen LogP contribution >= 0.6 is 11.8 Å². The van der Waals surface area contributed by atoms with Crippen molar-refractivity contribution in [1.29, 1.82) is 0 Å². The number of hydrogen-bond donors (Lipinski definition) is 16. The molecule has 0 saturated carbocycles. The number of H-pyrrole nitrogens is 2. The summed E-state index contributed by atoms with van der Waals surface area (Å²) in [4.78, 5) is 186. The van der Waals surface area contributed by atoms with Crippen molar-refractivity contribution in [3.8, 4) is 0 Å². The van der Waals surface area contributed by atoms with Gasteiger partial charge in [-0.25, -0.2) is 0 Å². The summed E-state index contributed by atoms with van der Waals surface area (Å²) >= 11 is 1.46. The van der Waals surface area contributed by atoms with Crippen molar-refractivity contribution in [2.24, 2.45) is 45.3 Å². The predicted octanol–water partition coefficient (Wildman–Crippen LogP) is 0.840. The Kier molecular flexibility index (Phi) is 32.5. The second kappa shape index (κ2) is 42.2. The Morgan fingerprint density at radius 2 is 0.927 bits per heavy atom. The van der Waals surface area contributed by atoms with Gasteiger partial charge in [0.1, 0.15) is 60.4 Å². The van der Waals surface area contributed by atoms with Gasteiger partial charge in [-0.2, -0.15) is 11.8 Å². The molecule has 32 heteroatoms. The van der Waals surface area contributed by atoms with Crippen LogP contribution in [0.2, 0.25) is 0 Å². The van der Waals surface area contributed by atoms with Gasteiger partial charge in [0.25, 0.3) is 0 Å². The Balaban J connectivity index is 1.06. The van der Waals surface area contributed by atoms with Crippen LogP contribution in [0.15, 0.2) is 127 Å². The highest BCUT2D eigenvalue weighted by Crippen LogP contribution is 2.26. The number of carbonyl (C=O) groups is 12. The summed E-state index contributed by atoms with van der Waals surface area (Å²) in [7, 11) is 0. The number of primary amides is 2. The minimum absolute atomic E-state index is 0.0927. The Morgan fingerprint density at radius 1 is 0.491 bits per heavy atom. The van der Waals surface area contributed by atoms with Crippen molar-refractivity contribution < 1.29 is 57.5 Å². The second-order valence-electron chi connectivity index (χ2n) is 28.5. The van der Waals surface area contributed by atoms with Crippen molar-refractivity contribution in [3.05, 3.63) is 144 Å². The van der Waals surface area contributed by atoms with E-state index < -0.39 is 150 Å². The zero-order valence-electron chi connectivity index (χ0n) is 62.6. The summed E-state index contributed by atoms with van der Waals surface area (Å²) in [6, 6.07) is 18.1. The van der Waals surface area contributed by atoms with E-state index in [1.807, 2.05) is 62.6 Å². The van der Waals surface area contributed by atoms with Gasteiger partial charge in [-0.1, -0.05) is 111 Å². The monoisotopic (exact) mass is 1530 g/mol. The first kappa shape index (κ1) is 84.8. The molecule has 2 aliphatic rings. The van der Waals surface area contributed by atoms with Gasteiger partial charge < -0.3 is 96.7 Å². The van der Waals surface area contributed by atoms with Gasteiger partial charge in [0.15, 0.2) is 5.96 Å². The van der Waals surface area contributed by atoms with E-state index in [4.69, 9.17) is 34.4 Å². The highest BCUT2D eigenvalue weighted by Gasteiger charge is 2.43. The van der Waals surface area contributed by atoms with E-state index in [9.17, 15) is 38.4 Å². The zero-order chi connectivity index (χ0) is 79.4. The molecular formula is C78H107N19O12S. The molecule has 0 bridgehead atoms. The number of hydrogen-bond acceptors (Lipinski definition) is 16. The lowest BCUT2D eigenvalue weighted by Gasteiger charge is -2.32. The van der Waals surface area contributed by atoms with E-state index in [2.05, 4.69) is 57.5 Å². The number of likely N-dealkylation sites (tertiary alicyclic amines) is 2. The number of nitrogens with one attached hydrogen (secondary N) is 10. The van der Waals surface area contributed by atoms with Crippen LogP contribution in [-0.2, 0) is 83.2 Å². The van der Waals surface area contributed by atoms with Crippen molar-refractivity contribution in [1.82, 2.24) is 62.3 Å². The Bertz CT molecular complexity index is 4170. The topological polar surface area (TPSA) is 508 Å². The maximum atomic E-state index is 15.5. The Labute approximate surface area is 644 Å². The SMILES string of the molecule is CSCC[C@H](NC(=O)[C@H](CC(C)C)NC(=O)[C@@H](Cc1c[nH]c2ccccc12)NC(=O)[C@H](Cc1ccccc1)NC(=O)[C@@H](Cc1c[nH]c2ccccc12)NC(=O)[C@H](CCC(N)=O)NC(=O)[C@@H](Cc1ccccc1)NC(=O)[C@@H]1CCCN1C(=O)[C@H](CCCCN)NC(=O)[C@@H]1CCCN1C(=O)[C@H](N)CCCN=C(N)N)C(N)=O. The normalized spacial score (nSPS) is 16.6. The van der Waals surface area contributed by atoms with E-state index in [1.54, 1.807) is 79.1 Å². The van der Waals surface area contributed by atoms with Crippen molar-refractivity contribution in [2.75, 3.05) is 38.2 Å². The number of nitrogens with two attached hydrogens (primary N) is 6. The summed E-state index contributed by atoms with van der Waals surface area (Å²) in [6.07, 6.45) is 7.28. The fraction of sp³-hybridized carbons (Fsp3) is 0.474. The van der Waals surface area contributed by atoms with Gasteiger partial charge in [0.2, 0.25) is 70.9 Å². The minimum Gasteiger partial charge on any atom is -0.370 e. The van der Waals surface area contributed by atoms with Crippen LogP contribution in [0.3, 0.4) is 0 Å². The molecule has 31 nitrogen and oxygen atoms in total. The van der Waals surface area contributed by atoms with Crippen LogP contribution in [-0.4, -0.2) is 201 Å². The van der Waals surface area contributed by atoms with Gasteiger partial charge in [0.05, 0.1) is 6.04 Å². The van der Waals surface area contributed by atoms with Crippen LogP contribution in [0.25, 0.3) is 21.8 Å². The zero-order valence-corrected chi connectivity index (χ0v) is 63.5. The molecule has 2 saturated heterocycles. The lowest BCUT2D eigenvalue weighted by Crippen LogP contribution is -2.61. The lowest BCUT2D eigenvalue weighted by atomic mass is 9.99. The van der Waals surface area contributed by atoms with Gasteiger partial charge >= 0.3 is 0 Å². The van der Waals surface area contributed by atoms with Gasteiger partial charge in [-0.05, 0) is 136 Å². The molecule has 0 radical (unpaired) electrons. The largest absolute Gasteiger partial charge is 0.370 e. The standard InChI is InChI=1S/C78H107N19O12S/c1-46(2)39-59(69(101)88-56(67(82)99)33-38-110-3)91-72(104)63(43-50-45-87-55-27-13-11-24-52(50)55)94-71(103)60(40-47-19-6-4-7-20-47)92-73(105)62(42-49-44-86-54-26-12-10-23-51(49)54)93-68(100)57(31-32-66(81)98)89-70(102)61(41-48-21-8-5-9-22-48)95-75(107)65-30-18-37-97(65)77(109)58(28-14-15-34-79)90-74(106)64-29-17-36-96(64)76(108)53(80)25-16-35-85-78(83)84/h4-13,19-24,26-27,44-46,53,56-65,86-87H,14-18,25,28-43,79-80H2,1-3H3,(H2,81,98)(H2,82,99)(H,88,101)(H,89,102)(H,90,106)(H,91,104)(H,92,105)(H,93,100)(H,94,103)(H,95,107)(H4,83,84,85)/t53-,56+,57+,58+,59+,60+,61-,62-,63-,64+,65+/m1/s1. The number of aromatic amines is 2. The number of rotatable bonds is 43. The minimum atomic E-state index is -1.62. The molecule has 2 fully saturated rings. The van der Waals surface area contributed by atoms with E-state index in [1.165, 1.54) is 21.6 Å². The molecule has 592 valence electrons. The van der Waals surface area contributed by atoms with Gasteiger partial charge in [-0.15, -0.1) is 0 Å². The number of benzene rings is 4. The summed E-state index contributed by atoms with van der Waals surface area (Å²) in [6.45, 7) is 4.66. The third-order valence-corrected chi connectivity index (χ3v) is 20.4. The van der Waals surface area contributed by atoms with Crippen LogP contribution in [0.1, 0.15) is 120 Å². The van der Waals surface area contributed by atoms with E-state index in [0.717, 1.165) is 10.9 Å². The molecule has 0 spiro atoms. The van der Waals surface area contributed by atoms with Gasteiger partial charge in [-0.3, -0.25) is 62.5 Å². The average molecular weight is 1530 g/mol. The third-order valence-electron chi connectivity index (χ3n) is 19.7. The molecule has 12 amide bonds. The maximum Gasteiger partial charge on any atom is 0.245 e. The molecule has 22 N–H and O–H groups in total. The predicted molar refractivity (Wildman–Crippen MR) is 420 cm³/mol. The molecule has 0 unspecified atom stereocenters. The summed E-state index contributed by atoms with van der Waals surface area (Å²) in [5.74, 6) is -8.57. The smallest absolute Gasteiger partial charge is 0.245 e. The number of guanidine groups is 1. The number of thioether (sulfide) groups is 1. The summed E-state index contributed by atoms with van der Waals surface area (Å²) in [5, 5.41) is 24.1. The third kappa shape index (κ3) is 24.8. The number of fused-ring (bicyclic) bond motifs is 2. The van der Waals surface area contributed by atoms with Crippen molar-refractivity contribution in [3.63, 3.8) is 0 Å². The number of aliphatic imine (C=N–C) groups is 1. The van der Waals surface area contributed by atoms with Crippen LogP contribution in [0.4, 0.5) is 0 Å². The molecule has 11 atom stereocenters. The number of aromatic nitrogens is 2. The molecular weight excluding hydrogens is 1430 g/mol. The number of nitrogens with zero attached hydrogens (tertiary/aromatic N) is 3. The molecule has 6 aromatic rings. The van der Waals surface area contributed by atoms with E-state index in [0.29, 0.717) is 84.0 Å². The Hall–Kier alpha value is -10.9. The maximum absolute atomic E-state index is 15.5. The first-order chi connectivity index (χ1) is 52.8. The lowest BCUT2D eigenvalue weighted by molar-refractivity contribution is -0.144. The van der Waals surface area contributed by atoms with Crippen molar-refractivity contribution >= 4 is 110 Å². The Morgan fingerprint density at radius 3 is 1.41 bits per heavy atom. The van der Waals surface area contributed by atoms with Crippen molar-refractivity contribution in [2.45, 2.75) is 189 Å². The second-order valence-corrected chi connectivity index (χ2v) is 29.5. The van der Waals surface area contributed by atoms with Crippen LogP contribution in [0.5, 0.6) is 0 Å². The first-order valence-electron chi connectivity index (χ1n) is 37.6. The van der Waals surface area contributed by atoms with Crippen LogP contribution in [0, 0.1) is 5.92 Å². The van der Waals surface area contributed by atoms with E-state index >= 15 is 19.2 Å². The summed E-state index contributed by atoms with van der Waals surface area (Å²) in [5.41, 5.74) is 38.4. The molecule has 2 aromatic heterocycles. The number of para-hydroxylation sites is 2. The fourth-order valence-electron chi connectivity index (χ4n) is 13.9. The number of carbonyl (C=O) groups excluding carboxylic acids is 12. The summed E-state index contributed by atoms with van der Waals surface area (Å²) < 4.78 is 0. The first-order valence-corrected chi connectivity index (χ1v) is 39.0. The highest BCUT2D eigenvalue weighted by molar-refractivity contribution is 7.98. The number of unbranched alkanes of at least 4 members (excludes halogenated alkanes) is 1. The molecule has 110 heavy (non-hydrogen) atoms. The fourth-order valence-corrected chi connectivity index (χ4v) is 14.4. The highest BCUT2D eigenvalue weighted by atomic mass is 32.2. The quantitative estimate of drug-likeness (QED) is 0.0143. The molecule has 8 rings (SSSR count). The van der Waals surface area contributed by atoms with E-state index in [-0.39, 0.29) is 89.3 Å². The van der Waals surface area contributed by atoms with Crippen LogP contribution < -0.4 is 76.9 Å². The number of amides is 12.